The molecule has 18 heavy (non-hydrogen) atoms. The Morgan fingerprint density at radius 1 is 1.50 bits per heavy atom. The van der Waals surface area contributed by atoms with Gasteiger partial charge in [-0.25, -0.2) is 0 Å². The molecule has 3 nitrogen and oxygen atoms in total. The molecule has 1 N–H and O–H groups in total. The highest BCUT2D eigenvalue weighted by molar-refractivity contribution is 5.23. The van der Waals surface area contributed by atoms with Gasteiger partial charge in [0.15, 0.2) is 0 Å². The summed E-state index contributed by atoms with van der Waals surface area (Å²) in [5.74, 6) is 0. The van der Waals surface area contributed by atoms with Gasteiger partial charge in [0.25, 0.3) is 0 Å². The van der Waals surface area contributed by atoms with Crippen molar-refractivity contribution in [2.45, 2.75) is 31.9 Å². The molecule has 0 amide bonds. The summed E-state index contributed by atoms with van der Waals surface area (Å²) in [7, 11) is 2.11. The lowest BCUT2D eigenvalue weighted by Crippen LogP contribution is -2.33. The minimum atomic E-state index is -0.366. The van der Waals surface area contributed by atoms with Crippen LogP contribution in [0.15, 0.2) is 24.3 Å². The molecule has 1 aromatic rings. The predicted octanol–water partition coefficient (Wildman–Crippen LogP) is 2.14. The molecule has 0 saturated carbocycles. The van der Waals surface area contributed by atoms with Crippen LogP contribution >= 0.6 is 0 Å². The van der Waals surface area contributed by atoms with Crippen LogP contribution in [0.2, 0.25) is 0 Å². The van der Waals surface area contributed by atoms with E-state index in [0.717, 1.165) is 38.2 Å². The zero-order chi connectivity index (χ0) is 13.0. The number of benzene rings is 1. The summed E-state index contributed by atoms with van der Waals surface area (Å²) in [5.41, 5.74) is 2.22. The van der Waals surface area contributed by atoms with E-state index in [2.05, 4.69) is 31.0 Å². The van der Waals surface area contributed by atoms with E-state index in [1.165, 1.54) is 5.56 Å². The molecule has 3 heteroatoms. The fourth-order valence-electron chi connectivity index (χ4n) is 2.42. The number of hydrogen-bond acceptors (Lipinski definition) is 3. The molecule has 1 heterocycles. The second-order valence-corrected chi connectivity index (χ2v) is 5.22. The van der Waals surface area contributed by atoms with Crippen LogP contribution in [-0.2, 0) is 4.74 Å². The summed E-state index contributed by atoms with van der Waals surface area (Å²) in [6, 6.07) is 8.63. The van der Waals surface area contributed by atoms with Gasteiger partial charge < -0.3 is 14.7 Å². The summed E-state index contributed by atoms with van der Waals surface area (Å²) < 4.78 is 5.38. The molecule has 0 spiro atoms. The maximum atomic E-state index is 10.2. The third-order valence-corrected chi connectivity index (χ3v) is 3.71. The highest BCUT2D eigenvalue weighted by Crippen LogP contribution is 2.19. The van der Waals surface area contributed by atoms with Gasteiger partial charge in [0.1, 0.15) is 0 Å². The fourth-order valence-corrected chi connectivity index (χ4v) is 2.42. The fraction of sp³-hybridized carbons (Fsp3) is 0.600. The number of nitrogens with zero attached hydrogens (tertiary/aromatic N) is 1. The zero-order valence-electron chi connectivity index (χ0n) is 11.3. The van der Waals surface area contributed by atoms with Crippen molar-refractivity contribution in [3.63, 3.8) is 0 Å². The molecule has 100 valence electrons. The van der Waals surface area contributed by atoms with E-state index in [9.17, 15) is 5.11 Å². The molecule has 1 saturated heterocycles. The van der Waals surface area contributed by atoms with Crippen molar-refractivity contribution in [3.8, 4) is 0 Å². The topological polar surface area (TPSA) is 32.7 Å². The molecule has 0 aromatic heterocycles. The smallest absolute Gasteiger partial charge is 0.0802 e. The summed E-state index contributed by atoms with van der Waals surface area (Å²) in [5, 5.41) is 10.2. The van der Waals surface area contributed by atoms with Crippen molar-refractivity contribution in [2.24, 2.45) is 0 Å². The Hall–Kier alpha value is -0.900. The second-order valence-electron chi connectivity index (χ2n) is 5.22. The molecule has 1 fully saturated rings. The molecule has 1 aliphatic rings. The average Bonchev–Trinajstić information content (AvgIpc) is 2.89. The molecular formula is C15H23NO2. The van der Waals surface area contributed by atoms with Crippen LogP contribution in [0, 0.1) is 6.92 Å². The third kappa shape index (κ3) is 3.55. The Morgan fingerprint density at radius 2 is 2.33 bits per heavy atom. The number of likely N-dealkylation sites (N-methyl/N-ethyl adjacent to an activating group) is 1. The average molecular weight is 249 g/mol. The van der Waals surface area contributed by atoms with Crippen molar-refractivity contribution in [1.82, 2.24) is 4.90 Å². The number of aliphatic hydroxyl groups is 1. The number of aryl methyl sites for hydroxylation is 1. The van der Waals surface area contributed by atoms with E-state index in [0.29, 0.717) is 6.04 Å². The Bertz CT molecular complexity index is 375. The lowest BCUT2D eigenvalue weighted by atomic mass is 10.0. The molecule has 0 bridgehead atoms. The Labute approximate surface area is 109 Å². The van der Waals surface area contributed by atoms with E-state index in [1.54, 1.807) is 0 Å². The van der Waals surface area contributed by atoms with Gasteiger partial charge in [0, 0.05) is 19.2 Å². The summed E-state index contributed by atoms with van der Waals surface area (Å²) in [6.45, 7) is 4.66. The van der Waals surface area contributed by atoms with Gasteiger partial charge in [-0.1, -0.05) is 29.8 Å². The predicted molar refractivity (Wildman–Crippen MR) is 72.6 cm³/mol. The first kappa shape index (κ1) is 13.5. The van der Waals surface area contributed by atoms with Crippen molar-refractivity contribution >= 4 is 0 Å². The maximum absolute atomic E-state index is 10.2. The van der Waals surface area contributed by atoms with Crippen LogP contribution in [0.5, 0.6) is 0 Å². The molecule has 2 rings (SSSR count). The van der Waals surface area contributed by atoms with Crippen LogP contribution in [0.4, 0.5) is 0 Å². The third-order valence-electron chi connectivity index (χ3n) is 3.71. The van der Waals surface area contributed by atoms with Gasteiger partial charge in [-0.15, -0.1) is 0 Å². The first-order chi connectivity index (χ1) is 8.66. The Kier molecular flexibility index (Phi) is 4.75. The van der Waals surface area contributed by atoms with Crippen molar-refractivity contribution < 1.29 is 9.84 Å². The molecule has 1 aromatic carbocycles. The Morgan fingerprint density at radius 3 is 3.00 bits per heavy atom. The van der Waals surface area contributed by atoms with Crippen LogP contribution in [0.1, 0.15) is 30.1 Å². The largest absolute Gasteiger partial charge is 0.388 e. The molecule has 0 aliphatic carbocycles. The first-order valence-corrected chi connectivity index (χ1v) is 6.69. The summed E-state index contributed by atoms with van der Waals surface area (Å²) in [6.07, 6.45) is 1.52. The van der Waals surface area contributed by atoms with Gasteiger partial charge in [0.2, 0.25) is 0 Å². The number of ether oxygens (including phenoxy) is 1. The first-order valence-electron chi connectivity index (χ1n) is 6.69. The van der Waals surface area contributed by atoms with Crippen molar-refractivity contribution in [1.29, 1.82) is 0 Å². The quantitative estimate of drug-likeness (QED) is 0.868. The van der Waals surface area contributed by atoms with Crippen LogP contribution in [0.3, 0.4) is 0 Å². The number of aliphatic hydroxyl groups excluding tert-OH is 1. The minimum absolute atomic E-state index is 0.366. The summed E-state index contributed by atoms with van der Waals surface area (Å²) in [4.78, 5) is 2.30. The normalized spacial score (nSPS) is 21.4. The van der Waals surface area contributed by atoms with Gasteiger partial charge in [0.05, 0.1) is 12.7 Å². The van der Waals surface area contributed by atoms with Crippen LogP contribution < -0.4 is 0 Å². The van der Waals surface area contributed by atoms with Crippen molar-refractivity contribution in [3.05, 3.63) is 35.4 Å². The SMILES string of the molecule is Cc1cccc(C(O)CCN(C)C2CCOC2)c1. The van der Waals surface area contributed by atoms with Gasteiger partial charge in [-0.05, 0) is 32.4 Å². The van der Waals surface area contributed by atoms with E-state index in [-0.39, 0.29) is 6.10 Å². The maximum Gasteiger partial charge on any atom is 0.0802 e. The highest BCUT2D eigenvalue weighted by Gasteiger charge is 2.20. The lowest BCUT2D eigenvalue weighted by Gasteiger charge is -2.24. The minimum Gasteiger partial charge on any atom is -0.388 e. The van der Waals surface area contributed by atoms with E-state index >= 15 is 0 Å². The van der Waals surface area contributed by atoms with Gasteiger partial charge >= 0.3 is 0 Å². The highest BCUT2D eigenvalue weighted by atomic mass is 16.5. The summed E-state index contributed by atoms with van der Waals surface area (Å²) >= 11 is 0. The van der Waals surface area contributed by atoms with Crippen LogP contribution in [-0.4, -0.2) is 42.9 Å². The molecule has 1 aliphatic heterocycles. The van der Waals surface area contributed by atoms with Crippen molar-refractivity contribution in [2.75, 3.05) is 26.8 Å². The van der Waals surface area contributed by atoms with Gasteiger partial charge in [-0.2, -0.15) is 0 Å². The zero-order valence-corrected chi connectivity index (χ0v) is 11.3. The number of rotatable bonds is 5. The Balaban J connectivity index is 1.82. The molecule has 0 radical (unpaired) electrons. The second kappa shape index (κ2) is 6.32. The standard InChI is InChI=1S/C15H23NO2/c1-12-4-3-5-13(10-12)15(17)6-8-16(2)14-7-9-18-11-14/h3-5,10,14-15,17H,6-9,11H2,1-2H3. The van der Waals surface area contributed by atoms with Gasteiger partial charge in [-0.3, -0.25) is 0 Å². The van der Waals surface area contributed by atoms with Crippen LogP contribution in [0.25, 0.3) is 0 Å². The van der Waals surface area contributed by atoms with E-state index in [4.69, 9.17) is 4.74 Å². The van der Waals surface area contributed by atoms with E-state index < -0.39 is 0 Å². The number of hydrogen-bond donors (Lipinski definition) is 1. The molecule has 2 unspecified atom stereocenters. The monoisotopic (exact) mass is 249 g/mol. The van der Waals surface area contributed by atoms with E-state index in [1.807, 2.05) is 12.1 Å². The lowest BCUT2D eigenvalue weighted by molar-refractivity contribution is 0.124. The molecular weight excluding hydrogens is 226 g/mol. The molecule has 2 atom stereocenters.